The van der Waals surface area contributed by atoms with Gasteiger partial charge < -0.3 is 9.88 Å². The molecule has 0 spiro atoms. The van der Waals surface area contributed by atoms with Gasteiger partial charge >= 0.3 is 0 Å². The van der Waals surface area contributed by atoms with Crippen molar-refractivity contribution in [3.05, 3.63) is 77.3 Å². The quantitative estimate of drug-likeness (QED) is 0.298. The molecule has 4 rings (SSSR count). The molecular weight excluding hydrogens is 424 g/mol. The number of carbonyl (C=O) groups excluding carboxylic acids is 2. The lowest BCUT2D eigenvalue weighted by Gasteiger charge is -2.07. The number of hydrogen-bond donors (Lipinski definition) is 2. The Labute approximate surface area is 190 Å². The first-order valence-corrected chi connectivity index (χ1v) is 10.7. The molecule has 1 heterocycles. The maximum absolute atomic E-state index is 12.5. The highest BCUT2D eigenvalue weighted by atomic mass is 35.5. The first kappa shape index (κ1) is 21.6. The van der Waals surface area contributed by atoms with Crippen molar-refractivity contribution in [2.24, 2.45) is 5.10 Å². The summed E-state index contributed by atoms with van der Waals surface area (Å²) in [5.74, 6) is -0.634. The van der Waals surface area contributed by atoms with E-state index in [1.165, 1.54) is 5.52 Å². The SMILES string of the molecule is CCn1c2ccccc2c2cc(NC(=O)C/C(C)=N/NC(=O)c3ccccc3Cl)ccc21. The summed E-state index contributed by atoms with van der Waals surface area (Å²) >= 11 is 6.02. The van der Waals surface area contributed by atoms with Crippen molar-refractivity contribution in [1.29, 1.82) is 0 Å². The van der Waals surface area contributed by atoms with Crippen LogP contribution in [0.1, 0.15) is 30.6 Å². The average Bonchev–Trinajstić information content (AvgIpc) is 3.10. The molecule has 2 amide bonds. The normalized spacial score (nSPS) is 11.7. The van der Waals surface area contributed by atoms with E-state index in [-0.39, 0.29) is 12.3 Å². The maximum atomic E-state index is 12.5. The molecule has 0 radical (unpaired) electrons. The van der Waals surface area contributed by atoms with Crippen LogP contribution in [0.2, 0.25) is 5.02 Å². The summed E-state index contributed by atoms with van der Waals surface area (Å²) in [4.78, 5) is 24.7. The van der Waals surface area contributed by atoms with Gasteiger partial charge in [0, 0.05) is 39.7 Å². The number of aryl methyl sites for hydroxylation is 1. The summed E-state index contributed by atoms with van der Waals surface area (Å²) in [6, 6.07) is 20.9. The summed E-state index contributed by atoms with van der Waals surface area (Å²) in [5.41, 5.74) is 6.27. The van der Waals surface area contributed by atoms with Crippen LogP contribution in [0, 0.1) is 0 Å². The molecule has 0 aliphatic heterocycles. The molecule has 6 nitrogen and oxygen atoms in total. The van der Waals surface area contributed by atoms with Gasteiger partial charge in [-0.25, -0.2) is 5.43 Å². The Bertz CT molecular complexity index is 1360. The van der Waals surface area contributed by atoms with Crippen molar-refractivity contribution in [2.45, 2.75) is 26.8 Å². The van der Waals surface area contributed by atoms with Crippen molar-refractivity contribution in [2.75, 3.05) is 5.32 Å². The van der Waals surface area contributed by atoms with Crippen LogP contribution in [0.3, 0.4) is 0 Å². The van der Waals surface area contributed by atoms with Gasteiger partial charge in [-0.2, -0.15) is 5.10 Å². The van der Waals surface area contributed by atoms with Crippen LogP contribution in [-0.2, 0) is 11.3 Å². The van der Waals surface area contributed by atoms with Crippen molar-refractivity contribution in [1.82, 2.24) is 9.99 Å². The third-order valence-corrected chi connectivity index (χ3v) is 5.59. The monoisotopic (exact) mass is 446 g/mol. The number of hydrazone groups is 1. The number of hydrogen-bond acceptors (Lipinski definition) is 3. The molecule has 0 unspecified atom stereocenters. The summed E-state index contributed by atoms with van der Waals surface area (Å²) in [6.07, 6.45) is 0.0531. The summed E-state index contributed by atoms with van der Waals surface area (Å²) < 4.78 is 2.26. The molecule has 7 heteroatoms. The Morgan fingerprint density at radius 2 is 1.69 bits per heavy atom. The second-order valence-electron chi connectivity index (χ2n) is 7.49. The van der Waals surface area contributed by atoms with Gasteiger partial charge in [-0.1, -0.05) is 41.9 Å². The fourth-order valence-corrected chi connectivity index (χ4v) is 4.02. The Kier molecular flexibility index (Phi) is 6.23. The minimum absolute atomic E-state index is 0.0531. The van der Waals surface area contributed by atoms with E-state index in [1.807, 2.05) is 30.3 Å². The third kappa shape index (κ3) is 4.36. The Balaban J connectivity index is 1.45. The summed E-state index contributed by atoms with van der Waals surface area (Å²) in [7, 11) is 0. The Morgan fingerprint density at radius 1 is 0.969 bits per heavy atom. The second-order valence-corrected chi connectivity index (χ2v) is 7.89. The van der Waals surface area contributed by atoms with Crippen LogP contribution in [0.5, 0.6) is 0 Å². The number of halogens is 1. The standard InChI is InChI=1S/C25H23ClN4O2/c1-3-30-22-11-7-5-8-18(22)20-15-17(12-13-23(20)30)27-24(31)14-16(2)28-29-25(32)19-9-4-6-10-21(19)26/h4-13,15H,3,14H2,1-2H3,(H,27,31)(H,29,32)/b28-16+. The molecule has 2 N–H and O–H groups in total. The zero-order valence-corrected chi connectivity index (χ0v) is 18.6. The molecule has 0 aliphatic rings. The van der Waals surface area contributed by atoms with Crippen LogP contribution >= 0.6 is 11.6 Å². The minimum Gasteiger partial charge on any atom is -0.341 e. The van der Waals surface area contributed by atoms with Crippen LogP contribution in [-0.4, -0.2) is 22.1 Å². The number of fused-ring (bicyclic) bond motifs is 3. The molecule has 0 saturated heterocycles. The molecule has 0 atom stereocenters. The van der Waals surface area contributed by atoms with Crippen molar-refractivity contribution in [3.8, 4) is 0 Å². The Morgan fingerprint density at radius 3 is 2.47 bits per heavy atom. The topological polar surface area (TPSA) is 75.5 Å². The van der Waals surface area contributed by atoms with Crippen LogP contribution in [0.4, 0.5) is 5.69 Å². The number of nitrogens with zero attached hydrogens (tertiary/aromatic N) is 2. The lowest BCUT2D eigenvalue weighted by molar-refractivity contribution is -0.115. The first-order chi connectivity index (χ1) is 15.5. The van der Waals surface area contributed by atoms with Gasteiger partial charge in [0.1, 0.15) is 0 Å². The molecule has 0 aliphatic carbocycles. The minimum atomic E-state index is -0.423. The van der Waals surface area contributed by atoms with Gasteiger partial charge in [0.15, 0.2) is 0 Å². The van der Waals surface area contributed by atoms with Crippen LogP contribution in [0.15, 0.2) is 71.8 Å². The molecule has 0 fully saturated rings. The maximum Gasteiger partial charge on any atom is 0.272 e. The lowest BCUT2D eigenvalue weighted by Crippen LogP contribution is -2.21. The van der Waals surface area contributed by atoms with E-state index < -0.39 is 5.91 Å². The number of aromatic nitrogens is 1. The first-order valence-electron chi connectivity index (χ1n) is 10.4. The number of anilines is 1. The number of nitrogens with one attached hydrogen (secondary N) is 2. The number of amides is 2. The zero-order chi connectivity index (χ0) is 22.7. The van der Waals surface area contributed by atoms with Gasteiger partial charge in [-0.05, 0) is 50.2 Å². The molecule has 0 bridgehead atoms. The van der Waals surface area contributed by atoms with Gasteiger partial charge in [0.2, 0.25) is 5.91 Å². The smallest absolute Gasteiger partial charge is 0.272 e. The Hall–Kier alpha value is -3.64. The van der Waals surface area contributed by atoms with E-state index >= 15 is 0 Å². The molecule has 0 saturated carbocycles. The third-order valence-electron chi connectivity index (χ3n) is 5.26. The summed E-state index contributed by atoms with van der Waals surface area (Å²) in [6.45, 7) is 4.67. The summed E-state index contributed by atoms with van der Waals surface area (Å²) in [5, 5.41) is 9.54. The fraction of sp³-hybridized carbons (Fsp3) is 0.160. The van der Waals surface area contributed by atoms with E-state index in [4.69, 9.17) is 11.6 Å². The lowest BCUT2D eigenvalue weighted by atomic mass is 10.1. The van der Waals surface area contributed by atoms with Gasteiger partial charge in [-0.15, -0.1) is 0 Å². The molecule has 3 aromatic carbocycles. The molecule has 4 aromatic rings. The molecular formula is C25H23ClN4O2. The van der Waals surface area contributed by atoms with E-state index in [0.717, 1.165) is 28.5 Å². The van der Waals surface area contributed by atoms with Crippen molar-refractivity contribution >= 4 is 56.6 Å². The van der Waals surface area contributed by atoms with Gasteiger partial charge in [-0.3, -0.25) is 9.59 Å². The van der Waals surface area contributed by atoms with Gasteiger partial charge in [0.05, 0.1) is 17.0 Å². The van der Waals surface area contributed by atoms with Crippen molar-refractivity contribution in [3.63, 3.8) is 0 Å². The van der Waals surface area contributed by atoms with Crippen LogP contribution in [0.25, 0.3) is 21.8 Å². The molecule has 32 heavy (non-hydrogen) atoms. The molecule has 1 aromatic heterocycles. The number of para-hydroxylation sites is 1. The number of rotatable bonds is 6. The number of carbonyl (C=O) groups is 2. The highest BCUT2D eigenvalue weighted by molar-refractivity contribution is 6.33. The highest BCUT2D eigenvalue weighted by Crippen LogP contribution is 2.31. The second kappa shape index (κ2) is 9.24. The average molecular weight is 447 g/mol. The van der Waals surface area contributed by atoms with E-state index in [0.29, 0.717) is 16.3 Å². The van der Waals surface area contributed by atoms with Crippen LogP contribution < -0.4 is 10.7 Å². The molecule has 162 valence electrons. The van der Waals surface area contributed by atoms with Gasteiger partial charge in [0.25, 0.3) is 5.91 Å². The van der Waals surface area contributed by atoms with Crippen molar-refractivity contribution < 1.29 is 9.59 Å². The van der Waals surface area contributed by atoms with E-state index in [1.54, 1.807) is 31.2 Å². The highest BCUT2D eigenvalue weighted by Gasteiger charge is 2.12. The van der Waals surface area contributed by atoms with E-state index in [2.05, 4.69) is 39.5 Å². The largest absolute Gasteiger partial charge is 0.341 e. The predicted molar refractivity (Wildman–Crippen MR) is 130 cm³/mol. The van der Waals surface area contributed by atoms with E-state index in [9.17, 15) is 9.59 Å². The predicted octanol–water partition coefficient (Wildman–Crippen LogP) is 5.60. The zero-order valence-electron chi connectivity index (χ0n) is 17.9. The number of benzene rings is 3. The fourth-order valence-electron chi connectivity index (χ4n) is 3.80.